The Balaban J connectivity index is 2.07. The molecule has 2 N–H and O–H groups in total. The second-order valence-electron chi connectivity index (χ2n) is 3.88. The molecule has 0 radical (unpaired) electrons. The van der Waals surface area contributed by atoms with Crippen molar-refractivity contribution >= 4 is 15.9 Å². The monoisotopic (exact) mass is 294 g/mol. The fraction of sp³-hybridized carbons (Fsp3) is 0.333. The maximum absolute atomic E-state index is 5.46. The summed E-state index contributed by atoms with van der Waals surface area (Å²) in [6.45, 7) is 0.736. The quantitative estimate of drug-likeness (QED) is 0.861. The predicted octanol–water partition coefficient (Wildman–Crippen LogP) is 2.31. The average Bonchev–Trinajstić information content (AvgIpc) is 2.78. The number of aryl methyl sites for hydroxylation is 1. The molecule has 0 unspecified atom stereocenters. The zero-order chi connectivity index (χ0) is 12.1. The summed E-state index contributed by atoms with van der Waals surface area (Å²) in [5.74, 6) is 0. The maximum Gasteiger partial charge on any atom is 0.0831 e. The molecule has 0 spiro atoms. The van der Waals surface area contributed by atoms with E-state index in [1.807, 2.05) is 30.5 Å². The third-order valence-corrected chi connectivity index (χ3v) is 2.99. The van der Waals surface area contributed by atoms with Crippen LogP contribution < -0.4 is 5.73 Å². The molecule has 2 rings (SSSR count). The molecule has 17 heavy (non-hydrogen) atoms. The molecule has 0 aliphatic rings. The lowest BCUT2D eigenvalue weighted by Gasteiger charge is -1.99. The molecular formula is C12H15BrN4. The van der Waals surface area contributed by atoms with Crippen molar-refractivity contribution in [3.05, 3.63) is 40.6 Å². The first-order valence-corrected chi connectivity index (χ1v) is 6.46. The Hall–Kier alpha value is -1.20. The van der Waals surface area contributed by atoms with Crippen molar-refractivity contribution in [2.45, 2.75) is 19.3 Å². The van der Waals surface area contributed by atoms with Gasteiger partial charge in [0.15, 0.2) is 0 Å². The van der Waals surface area contributed by atoms with Gasteiger partial charge in [-0.25, -0.2) is 4.68 Å². The van der Waals surface area contributed by atoms with Gasteiger partial charge in [0.2, 0.25) is 0 Å². The molecule has 0 aliphatic carbocycles. The Morgan fingerprint density at radius 2 is 2.18 bits per heavy atom. The lowest BCUT2D eigenvalue weighted by Crippen LogP contribution is -1.99. The number of unbranched alkanes of at least 4 members (excludes halogenated alkanes) is 1. The van der Waals surface area contributed by atoms with Crippen molar-refractivity contribution < 1.29 is 0 Å². The molecule has 0 atom stereocenters. The highest BCUT2D eigenvalue weighted by Crippen LogP contribution is 2.15. The Bertz CT molecular complexity index is 481. The van der Waals surface area contributed by atoms with E-state index in [0.29, 0.717) is 0 Å². The lowest BCUT2D eigenvalue weighted by atomic mass is 10.2. The molecule has 0 saturated carbocycles. The summed E-state index contributed by atoms with van der Waals surface area (Å²) in [5.41, 5.74) is 7.48. The summed E-state index contributed by atoms with van der Waals surface area (Å²) in [6, 6.07) is 7.99. The SMILES string of the molecule is NCCCCc1cn(-c2cccc(Br)c2)nn1. The normalized spacial score (nSPS) is 10.7. The number of aromatic nitrogens is 3. The zero-order valence-corrected chi connectivity index (χ0v) is 11.1. The summed E-state index contributed by atoms with van der Waals surface area (Å²) in [7, 11) is 0. The van der Waals surface area contributed by atoms with Gasteiger partial charge in [0.05, 0.1) is 17.6 Å². The molecule has 4 nitrogen and oxygen atoms in total. The fourth-order valence-electron chi connectivity index (χ4n) is 1.61. The van der Waals surface area contributed by atoms with Crippen LogP contribution in [0.5, 0.6) is 0 Å². The first-order chi connectivity index (χ1) is 8.29. The van der Waals surface area contributed by atoms with Crippen LogP contribution in [0.3, 0.4) is 0 Å². The minimum atomic E-state index is 0.736. The van der Waals surface area contributed by atoms with Crippen LogP contribution in [0.2, 0.25) is 0 Å². The molecule has 1 aromatic heterocycles. The second kappa shape index (κ2) is 5.93. The van der Waals surface area contributed by atoms with Gasteiger partial charge in [0.1, 0.15) is 0 Å². The maximum atomic E-state index is 5.46. The molecule has 1 heterocycles. The minimum absolute atomic E-state index is 0.736. The number of nitrogens with zero attached hydrogens (tertiary/aromatic N) is 3. The third kappa shape index (κ3) is 3.38. The van der Waals surface area contributed by atoms with Gasteiger partial charge < -0.3 is 5.73 Å². The van der Waals surface area contributed by atoms with Crippen LogP contribution in [0.25, 0.3) is 5.69 Å². The standard InChI is InChI=1S/C12H15BrN4/c13-10-4-3-6-12(8-10)17-9-11(15-16-17)5-1-2-7-14/h3-4,6,8-9H,1-2,5,7,14H2. The van der Waals surface area contributed by atoms with Crippen LogP contribution in [0, 0.1) is 0 Å². The zero-order valence-electron chi connectivity index (χ0n) is 9.51. The van der Waals surface area contributed by atoms with Crippen molar-refractivity contribution in [3.63, 3.8) is 0 Å². The van der Waals surface area contributed by atoms with E-state index >= 15 is 0 Å². The smallest absolute Gasteiger partial charge is 0.0831 e. The van der Waals surface area contributed by atoms with Crippen LogP contribution >= 0.6 is 15.9 Å². The topological polar surface area (TPSA) is 56.7 Å². The second-order valence-corrected chi connectivity index (χ2v) is 4.80. The number of nitrogens with two attached hydrogens (primary N) is 1. The largest absolute Gasteiger partial charge is 0.330 e. The molecular weight excluding hydrogens is 280 g/mol. The first kappa shape index (κ1) is 12.3. The van der Waals surface area contributed by atoms with E-state index in [4.69, 9.17) is 5.73 Å². The van der Waals surface area contributed by atoms with Crippen molar-refractivity contribution in [2.24, 2.45) is 5.73 Å². The van der Waals surface area contributed by atoms with Crippen molar-refractivity contribution in [1.82, 2.24) is 15.0 Å². The Morgan fingerprint density at radius 1 is 1.29 bits per heavy atom. The van der Waals surface area contributed by atoms with Gasteiger partial charge in [-0.1, -0.05) is 27.2 Å². The number of rotatable bonds is 5. The summed E-state index contributed by atoms with van der Waals surface area (Å²) < 4.78 is 2.83. The molecule has 0 saturated heterocycles. The Labute approximate surface area is 109 Å². The fourth-order valence-corrected chi connectivity index (χ4v) is 2.00. The van der Waals surface area contributed by atoms with Gasteiger partial charge in [0.25, 0.3) is 0 Å². The van der Waals surface area contributed by atoms with E-state index in [2.05, 4.69) is 26.2 Å². The van der Waals surface area contributed by atoms with Crippen LogP contribution in [0.1, 0.15) is 18.5 Å². The van der Waals surface area contributed by atoms with Crippen molar-refractivity contribution in [2.75, 3.05) is 6.54 Å². The first-order valence-electron chi connectivity index (χ1n) is 5.67. The summed E-state index contributed by atoms with van der Waals surface area (Å²) in [5, 5.41) is 8.27. The molecule has 0 fully saturated rings. The van der Waals surface area contributed by atoms with E-state index in [1.54, 1.807) is 4.68 Å². The van der Waals surface area contributed by atoms with Crippen LogP contribution in [-0.2, 0) is 6.42 Å². The van der Waals surface area contributed by atoms with Gasteiger partial charge in [-0.05, 0) is 44.0 Å². The van der Waals surface area contributed by atoms with Crippen molar-refractivity contribution in [1.29, 1.82) is 0 Å². The minimum Gasteiger partial charge on any atom is -0.330 e. The average molecular weight is 295 g/mol. The summed E-state index contributed by atoms with van der Waals surface area (Å²) in [6.07, 6.45) is 5.00. The van der Waals surface area contributed by atoms with Crippen molar-refractivity contribution in [3.8, 4) is 5.69 Å². The van der Waals surface area contributed by atoms with E-state index in [1.165, 1.54) is 0 Å². The highest BCUT2D eigenvalue weighted by molar-refractivity contribution is 9.10. The van der Waals surface area contributed by atoms with E-state index < -0.39 is 0 Å². The third-order valence-electron chi connectivity index (χ3n) is 2.50. The predicted molar refractivity (Wildman–Crippen MR) is 71.1 cm³/mol. The molecule has 0 bridgehead atoms. The van der Waals surface area contributed by atoms with Crippen LogP contribution in [-0.4, -0.2) is 21.5 Å². The van der Waals surface area contributed by atoms with E-state index in [-0.39, 0.29) is 0 Å². The number of hydrogen-bond acceptors (Lipinski definition) is 3. The number of hydrogen-bond donors (Lipinski definition) is 1. The highest BCUT2D eigenvalue weighted by Gasteiger charge is 2.02. The number of benzene rings is 1. The lowest BCUT2D eigenvalue weighted by molar-refractivity contribution is 0.727. The van der Waals surface area contributed by atoms with Gasteiger partial charge in [-0.3, -0.25) is 0 Å². The Kier molecular flexibility index (Phi) is 4.28. The van der Waals surface area contributed by atoms with Crippen LogP contribution in [0.4, 0.5) is 0 Å². The van der Waals surface area contributed by atoms with Gasteiger partial charge >= 0.3 is 0 Å². The summed E-state index contributed by atoms with van der Waals surface area (Å²) >= 11 is 3.44. The molecule has 90 valence electrons. The molecule has 0 amide bonds. The molecule has 5 heteroatoms. The Morgan fingerprint density at radius 3 is 2.94 bits per heavy atom. The van der Waals surface area contributed by atoms with E-state index in [9.17, 15) is 0 Å². The molecule has 1 aromatic carbocycles. The van der Waals surface area contributed by atoms with Gasteiger partial charge in [-0.2, -0.15) is 0 Å². The molecule has 0 aliphatic heterocycles. The van der Waals surface area contributed by atoms with E-state index in [0.717, 1.165) is 41.7 Å². The number of halogens is 1. The van der Waals surface area contributed by atoms with Gasteiger partial charge in [-0.15, -0.1) is 5.10 Å². The molecule has 2 aromatic rings. The van der Waals surface area contributed by atoms with Crippen LogP contribution in [0.15, 0.2) is 34.9 Å². The highest BCUT2D eigenvalue weighted by atomic mass is 79.9. The van der Waals surface area contributed by atoms with Gasteiger partial charge in [0, 0.05) is 4.47 Å². The summed E-state index contributed by atoms with van der Waals surface area (Å²) in [4.78, 5) is 0.